The van der Waals surface area contributed by atoms with Crippen LogP contribution in [0.2, 0.25) is 0 Å². The van der Waals surface area contributed by atoms with Crippen LogP contribution in [0.1, 0.15) is 62.5 Å². The van der Waals surface area contributed by atoms with Gasteiger partial charge in [0.05, 0.1) is 12.8 Å². The average Bonchev–Trinajstić information content (AvgIpc) is 3.35. The number of rotatable bonds is 6. The highest BCUT2D eigenvalue weighted by Crippen LogP contribution is 2.35. The lowest BCUT2D eigenvalue weighted by Gasteiger charge is -2.26. The number of anilines is 2. The number of benzene rings is 2. The van der Waals surface area contributed by atoms with E-state index in [2.05, 4.69) is 29.7 Å². The van der Waals surface area contributed by atoms with Crippen molar-refractivity contribution < 1.29 is 24.2 Å². The number of nitrogens with one attached hydrogen (secondary N) is 2. The van der Waals surface area contributed by atoms with Crippen LogP contribution in [0.3, 0.4) is 0 Å². The number of amides is 3. The second-order valence-electron chi connectivity index (χ2n) is 9.70. The zero-order valence-corrected chi connectivity index (χ0v) is 21.3. The Morgan fingerprint density at radius 1 is 1.03 bits per heavy atom. The van der Waals surface area contributed by atoms with Gasteiger partial charge in [0.1, 0.15) is 11.8 Å². The molecule has 0 bridgehead atoms. The number of nitrogens with zero attached hydrogens (tertiary/aromatic N) is 1. The average molecular weight is 496 g/mol. The molecule has 2 aromatic carbocycles. The Labute approximate surface area is 213 Å². The number of carbonyl (C=O) groups is 3. The molecule has 1 aliphatic heterocycles. The molecule has 2 aliphatic rings. The molecule has 194 valence electrons. The highest BCUT2D eigenvalue weighted by Gasteiger charge is 2.28. The largest absolute Gasteiger partial charge is 0.495 e. The van der Waals surface area contributed by atoms with Crippen LogP contribution in [0.15, 0.2) is 42.5 Å². The summed E-state index contributed by atoms with van der Waals surface area (Å²) in [5, 5.41) is 14.3. The van der Waals surface area contributed by atoms with Crippen LogP contribution < -0.4 is 15.4 Å². The third kappa shape index (κ3) is 7.47. The monoisotopic (exact) mass is 495 g/mol. The molecule has 2 aromatic rings. The van der Waals surface area contributed by atoms with Crippen LogP contribution in [-0.4, -0.2) is 48.1 Å². The molecular weight excluding hydrogens is 458 g/mol. The lowest BCUT2D eigenvalue weighted by Crippen LogP contribution is -2.34. The van der Waals surface area contributed by atoms with E-state index in [0.29, 0.717) is 36.7 Å². The van der Waals surface area contributed by atoms with Crippen LogP contribution in [0.4, 0.5) is 16.2 Å². The zero-order valence-electron chi connectivity index (χ0n) is 21.3. The van der Waals surface area contributed by atoms with Crippen LogP contribution in [0, 0.1) is 12.8 Å². The second-order valence-corrected chi connectivity index (χ2v) is 9.70. The molecule has 0 spiro atoms. The molecule has 1 heterocycles. The fourth-order valence-corrected chi connectivity index (χ4v) is 4.82. The van der Waals surface area contributed by atoms with E-state index in [4.69, 9.17) is 9.84 Å². The first-order chi connectivity index (χ1) is 17.3. The molecule has 1 saturated heterocycles. The number of ether oxygens (including phenoxy) is 1. The molecule has 4 rings (SSSR count). The van der Waals surface area contributed by atoms with Crippen LogP contribution in [-0.2, 0) is 9.59 Å². The van der Waals surface area contributed by atoms with Crippen LogP contribution in [0.5, 0.6) is 5.75 Å². The fourth-order valence-electron chi connectivity index (χ4n) is 4.82. The number of aryl methyl sites for hydroxylation is 1. The summed E-state index contributed by atoms with van der Waals surface area (Å²) in [6, 6.07) is 13.1. The molecule has 3 N–H and O–H groups in total. The maximum atomic E-state index is 12.3. The first-order valence-electron chi connectivity index (χ1n) is 12.6. The quantitative estimate of drug-likeness (QED) is 0.450. The molecule has 2 fully saturated rings. The van der Waals surface area contributed by atoms with Crippen molar-refractivity contribution in [1.82, 2.24) is 4.90 Å². The molecule has 36 heavy (non-hydrogen) atoms. The summed E-state index contributed by atoms with van der Waals surface area (Å²) in [6.07, 6.45) is 7.15. The summed E-state index contributed by atoms with van der Waals surface area (Å²) in [5.74, 6) is 1.26. The number of likely N-dealkylation sites (tertiary alicyclic amines) is 1. The first kappa shape index (κ1) is 27.0. The van der Waals surface area contributed by atoms with Gasteiger partial charge in [-0.3, -0.25) is 4.79 Å². The van der Waals surface area contributed by atoms with Crippen molar-refractivity contribution in [2.75, 3.05) is 24.3 Å². The number of hydrogen-bond acceptors (Lipinski definition) is 4. The van der Waals surface area contributed by atoms with Gasteiger partial charge in [-0.2, -0.15) is 0 Å². The Morgan fingerprint density at radius 3 is 2.31 bits per heavy atom. The Kier molecular flexibility index (Phi) is 9.73. The summed E-state index contributed by atoms with van der Waals surface area (Å²) >= 11 is 0. The Bertz CT molecular complexity index is 1030. The molecule has 1 unspecified atom stereocenters. The van der Waals surface area contributed by atoms with Gasteiger partial charge in [0.25, 0.3) is 0 Å². The smallest absolute Gasteiger partial charge is 0.326 e. The molecule has 0 aromatic heterocycles. The second kappa shape index (κ2) is 13.0. The first-order valence-corrected chi connectivity index (χ1v) is 12.6. The third-order valence-electron chi connectivity index (χ3n) is 6.97. The van der Waals surface area contributed by atoms with Gasteiger partial charge >= 0.3 is 12.0 Å². The molecular formula is C28H37N3O5. The SMILES string of the molecule is COc1ccc(C)cc1NC(=O)Nc1ccc(C2CCC(C)CC2)cc1.O=CN1CCCC1C(=O)O. The number of hydrogen-bond donors (Lipinski definition) is 3. The highest BCUT2D eigenvalue weighted by molar-refractivity contribution is 6.00. The summed E-state index contributed by atoms with van der Waals surface area (Å²) in [7, 11) is 1.60. The third-order valence-corrected chi connectivity index (χ3v) is 6.97. The van der Waals surface area contributed by atoms with Gasteiger partial charge in [-0.15, -0.1) is 0 Å². The van der Waals surface area contributed by atoms with E-state index in [-0.39, 0.29) is 6.03 Å². The van der Waals surface area contributed by atoms with Crippen molar-refractivity contribution in [2.24, 2.45) is 5.92 Å². The Hall–Kier alpha value is -3.55. The van der Waals surface area contributed by atoms with Gasteiger partial charge in [-0.25, -0.2) is 9.59 Å². The van der Waals surface area contributed by atoms with Crippen LogP contribution >= 0.6 is 0 Å². The molecule has 8 heteroatoms. The van der Waals surface area contributed by atoms with E-state index in [9.17, 15) is 14.4 Å². The predicted molar refractivity (Wildman–Crippen MR) is 141 cm³/mol. The minimum atomic E-state index is -0.899. The molecule has 1 atom stereocenters. The summed E-state index contributed by atoms with van der Waals surface area (Å²) in [5.41, 5.74) is 3.90. The van der Waals surface area contributed by atoms with Gasteiger partial charge in [0.2, 0.25) is 6.41 Å². The van der Waals surface area contributed by atoms with Crippen molar-refractivity contribution in [2.45, 2.75) is 64.3 Å². The van der Waals surface area contributed by atoms with Gasteiger partial charge in [0, 0.05) is 12.2 Å². The molecule has 1 saturated carbocycles. The summed E-state index contributed by atoms with van der Waals surface area (Å²) in [6.45, 7) is 4.90. The van der Waals surface area contributed by atoms with Gasteiger partial charge in [-0.1, -0.05) is 38.0 Å². The Balaban J connectivity index is 0.000000303. The zero-order chi connectivity index (χ0) is 26.1. The number of carboxylic acids is 1. The molecule has 0 radical (unpaired) electrons. The van der Waals surface area contributed by atoms with Gasteiger partial charge < -0.3 is 25.4 Å². The molecule has 1 aliphatic carbocycles. The number of urea groups is 1. The molecule has 8 nitrogen and oxygen atoms in total. The van der Waals surface area contributed by atoms with Crippen molar-refractivity contribution in [3.8, 4) is 5.75 Å². The maximum absolute atomic E-state index is 12.3. The topological polar surface area (TPSA) is 108 Å². The number of carboxylic acid groups (broad SMARTS) is 1. The van der Waals surface area contributed by atoms with Gasteiger partial charge in [-0.05, 0) is 79.8 Å². The van der Waals surface area contributed by atoms with E-state index < -0.39 is 12.0 Å². The number of aliphatic carboxylic acids is 1. The highest BCUT2D eigenvalue weighted by atomic mass is 16.5. The summed E-state index contributed by atoms with van der Waals surface area (Å²) < 4.78 is 5.30. The Morgan fingerprint density at radius 2 is 1.72 bits per heavy atom. The van der Waals surface area contributed by atoms with E-state index in [0.717, 1.165) is 23.6 Å². The lowest BCUT2D eigenvalue weighted by atomic mass is 9.79. The van der Waals surface area contributed by atoms with E-state index in [1.54, 1.807) is 7.11 Å². The van der Waals surface area contributed by atoms with Crippen molar-refractivity contribution in [1.29, 1.82) is 0 Å². The van der Waals surface area contributed by atoms with E-state index >= 15 is 0 Å². The van der Waals surface area contributed by atoms with Crippen molar-refractivity contribution in [3.05, 3.63) is 53.6 Å². The minimum absolute atomic E-state index is 0.270. The maximum Gasteiger partial charge on any atom is 0.326 e. The molecule has 3 amide bonds. The normalized spacial score (nSPS) is 21.1. The number of methoxy groups -OCH3 is 1. The fraction of sp³-hybridized carbons (Fsp3) is 0.464. The minimum Gasteiger partial charge on any atom is -0.495 e. The standard InChI is InChI=1S/C22H28N2O2.C6H9NO3/c1-15-4-7-17(8-5-15)18-9-11-19(12-10-18)23-22(25)24-20-14-16(2)6-13-21(20)26-3;8-4-7-3-1-2-5(7)6(9)10/h6,9-15,17H,4-5,7-8H2,1-3H3,(H2,23,24,25);4-5H,1-3H2,(H,9,10). The lowest BCUT2D eigenvalue weighted by molar-refractivity contribution is -0.144. The summed E-state index contributed by atoms with van der Waals surface area (Å²) in [4.78, 5) is 34.2. The van der Waals surface area contributed by atoms with E-state index in [1.165, 1.54) is 36.1 Å². The van der Waals surface area contributed by atoms with Gasteiger partial charge in [0.15, 0.2) is 0 Å². The van der Waals surface area contributed by atoms with Crippen LogP contribution in [0.25, 0.3) is 0 Å². The van der Waals surface area contributed by atoms with Crippen molar-refractivity contribution >= 4 is 29.8 Å². The van der Waals surface area contributed by atoms with E-state index in [1.807, 2.05) is 37.3 Å². The van der Waals surface area contributed by atoms with Crippen molar-refractivity contribution in [3.63, 3.8) is 0 Å². The predicted octanol–water partition coefficient (Wildman–Crippen LogP) is 5.63. The number of carbonyl (C=O) groups excluding carboxylic acids is 2.